The molecule has 3 N–H and O–H groups in total. The van der Waals surface area contributed by atoms with E-state index >= 15 is 0 Å². The van der Waals surface area contributed by atoms with Crippen molar-refractivity contribution in [3.05, 3.63) is 59.5 Å². The maximum atomic E-state index is 11.9. The first-order valence-corrected chi connectivity index (χ1v) is 8.07. The van der Waals surface area contributed by atoms with Crippen molar-refractivity contribution >= 4 is 35.8 Å². The van der Waals surface area contributed by atoms with E-state index in [4.69, 9.17) is 4.42 Å². The molecule has 6 nitrogen and oxygen atoms in total. The SMILES string of the molecule is CCNC(=O)c1cccc(CNC(=NC)NCCc2ccco2)c1.I. The molecular formula is C18H25IN4O2. The Morgan fingerprint density at radius 1 is 1.16 bits per heavy atom. The number of hydrogen-bond acceptors (Lipinski definition) is 3. The van der Waals surface area contributed by atoms with Gasteiger partial charge in [0.1, 0.15) is 5.76 Å². The molecule has 0 bridgehead atoms. The van der Waals surface area contributed by atoms with E-state index in [1.54, 1.807) is 13.3 Å². The Labute approximate surface area is 165 Å². The number of hydrogen-bond donors (Lipinski definition) is 3. The highest BCUT2D eigenvalue weighted by Gasteiger charge is 2.05. The Balaban J connectivity index is 0.00000312. The number of benzene rings is 1. The Morgan fingerprint density at radius 2 is 2.00 bits per heavy atom. The van der Waals surface area contributed by atoms with Crippen molar-refractivity contribution in [1.82, 2.24) is 16.0 Å². The third kappa shape index (κ3) is 7.16. The van der Waals surface area contributed by atoms with Crippen LogP contribution in [0.4, 0.5) is 0 Å². The first-order valence-electron chi connectivity index (χ1n) is 8.07. The van der Waals surface area contributed by atoms with Crippen molar-refractivity contribution in [2.45, 2.75) is 19.9 Å². The van der Waals surface area contributed by atoms with Gasteiger partial charge in [0.25, 0.3) is 5.91 Å². The first-order chi connectivity index (χ1) is 11.7. The van der Waals surface area contributed by atoms with Gasteiger partial charge in [-0.25, -0.2) is 0 Å². The summed E-state index contributed by atoms with van der Waals surface area (Å²) in [4.78, 5) is 16.1. The van der Waals surface area contributed by atoms with Gasteiger partial charge in [-0.1, -0.05) is 12.1 Å². The number of furan rings is 1. The number of carbonyl (C=O) groups is 1. The van der Waals surface area contributed by atoms with Gasteiger partial charge in [-0.2, -0.15) is 0 Å². The molecule has 1 amide bonds. The molecule has 1 aromatic heterocycles. The lowest BCUT2D eigenvalue weighted by atomic mass is 10.1. The molecule has 136 valence electrons. The second-order valence-electron chi connectivity index (χ2n) is 5.24. The average Bonchev–Trinajstić information content (AvgIpc) is 3.12. The second-order valence-corrected chi connectivity index (χ2v) is 5.24. The predicted molar refractivity (Wildman–Crippen MR) is 110 cm³/mol. The van der Waals surface area contributed by atoms with Crippen molar-refractivity contribution in [2.24, 2.45) is 4.99 Å². The maximum Gasteiger partial charge on any atom is 0.251 e. The van der Waals surface area contributed by atoms with E-state index < -0.39 is 0 Å². The fourth-order valence-corrected chi connectivity index (χ4v) is 2.25. The van der Waals surface area contributed by atoms with Crippen LogP contribution < -0.4 is 16.0 Å². The third-order valence-corrected chi connectivity index (χ3v) is 3.45. The van der Waals surface area contributed by atoms with Crippen LogP contribution in [0.5, 0.6) is 0 Å². The van der Waals surface area contributed by atoms with E-state index in [1.807, 2.05) is 43.3 Å². The molecule has 0 unspecified atom stereocenters. The monoisotopic (exact) mass is 456 g/mol. The van der Waals surface area contributed by atoms with Crippen molar-refractivity contribution in [3.63, 3.8) is 0 Å². The van der Waals surface area contributed by atoms with Crippen molar-refractivity contribution in [2.75, 3.05) is 20.1 Å². The lowest BCUT2D eigenvalue weighted by Gasteiger charge is -2.12. The quantitative estimate of drug-likeness (QED) is 0.340. The number of halogens is 1. The predicted octanol–water partition coefficient (Wildman–Crippen LogP) is 2.56. The number of nitrogens with zero attached hydrogens (tertiary/aromatic N) is 1. The molecule has 0 radical (unpaired) electrons. The molecule has 0 atom stereocenters. The van der Waals surface area contributed by atoms with Crippen LogP contribution in [0, 0.1) is 0 Å². The van der Waals surface area contributed by atoms with E-state index in [1.165, 1.54) is 0 Å². The Morgan fingerprint density at radius 3 is 2.68 bits per heavy atom. The number of nitrogens with one attached hydrogen (secondary N) is 3. The highest BCUT2D eigenvalue weighted by molar-refractivity contribution is 14.0. The molecular weight excluding hydrogens is 431 g/mol. The molecule has 0 aliphatic heterocycles. The smallest absolute Gasteiger partial charge is 0.251 e. The minimum absolute atomic E-state index is 0. The van der Waals surface area contributed by atoms with Crippen LogP contribution in [0.1, 0.15) is 28.6 Å². The molecule has 25 heavy (non-hydrogen) atoms. The van der Waals surface area contributed by atoms with Crippen molar-refractivity contribution in [3.8, 4) is 0 Å². The molecule has 0 saturated carbocycles. The zero-order valence-electron chi connectivity index (χ0n) is 14.5. The topological polar surface area (TPSA) is 78.7 Å². The summed E-state index contributed by atoms with van der Waals surface area (Å²) in [7, 11) is 1.73. The summed E-state index contributed by atoms with van der Waals surface area (Å²) >= 11 is 0. The molecule has 7 heteroatoms. The van der Waals surface area contributed by atoms with Crippen LogP contribution in [0.3, 0.4) is 0 Å². The van der Waals surface area contributed by atoms with Gasteiger partial charge in [-0.05, 0) is 36.8 Å². The Kier molecular flexibility index (Phi) is 9.68. The normalized spacial score (nSPS) is 10.7. The molecule has 0 fully saturated rings. The van der Waals surface area contributed by atoms with Crippen molar-refractivity contribution in [1.29, 1.82) is 0 Å². The fraction of sp³-hybridized carbons (Fsp3) is 0.333. The van der Waals surface area contributed by atoms with Gasteiger partial charge in [0.05, 0.1) is 6.26 Å². The minimum Gasteiger partial charge on any atom is -0.469 e. The minimum atomic E-state index is -0.0553. The molecule has 0 saturated heterocycles. The average molecular weight is 456 g/mol. The number of aliphatic imine (C=N–C) groups is 1. The summed E-state index contributed by atoms with van der Waals surface area (Å²) in [6.07, 6.45) is 2.46. The van der Waals surface area contributed by atoms with Crippen LogP contribution in [-0.4, -0.2) is 32.0 Å². The van der Waals surface area contributed by atoms with Crippen LogP contribution in [0.15, 0.2) is 52.1 Å². The van der Waals surface area contributed by atoms with Gasteiger partial charge < -0.3 is 20.4 Å². The maximum absolute atomic E-state index is 11.9. The van der Waals surface area contributed by atoms with Gasteiger partial charge in [-0.15, -0.1) is 24.0 Å². The Hall–Kier alpha value is -2.03. The van der Waals surface area contributed by atoms with E-state index in [9.17, 15) is 4.79 Å². The van der Waals surface area contributed by atoms with Gasteiger partial charge >= 0.3 is 0 Å². The van der Waals surface area contributed by atoms with Crippen molar-refractivity contribution < 1.29 is 9.21 Å². The zero-order valence-corrected chi connectivity index (χ0v) is 16.9. The second kappa shape index (κ2) is 11.5. The highest BCUT2D eigenvalue weighted by atomic mass is 127. The Bertz CT molecular complexity index is 671. The zero-order chi connectivity index (χ0) is 17.2. The molecule has 1 aromatic carbocycles. The van der Waals surface area contributed by atoms with Gasteiger partial charge in [0.15, 0.2) is 5.96 Å². The molecule has 2 rings (SSSR count). The van der Waals surface area contributed by atoms with Crippen LogP contribution in [0.25, 0.3) is 0 Å². The van der Waals surface area contributed by atoms with Crippen LogP contribution in [0.2, 0.25) is 0 Å². The third-order valence-electron chi connectivity index (χ3n) is 3.45. The summed E-state index contributed by atoms with van der Waals surface area (Å²) in [6, 6.07) is 11.4. The summed E-state index contributed by atoms with van der Waals surface area (Å²) in [5, 5.41) is 9.28. The van der Waals surface area contributed by atoms with Crippen LogP contribution >= 0.6 is 24.0 Å². The van der Waals surface area contributed by atoms with Crippen LogP contribution in [-0.2, 0) is 13.0 Å². The molecule has 0 aliphatic carbocycles. The molecule has 0 aliphatic rings. The summed E-state index contributed by atoms with van der Waals surface area (Å²) in [6.45, 7) is 3.84. The first kappa shape index (κ1) is 21.0. The van der Waals surface area contributed by atoms with Gasteiger partial charge in [0.2, 0.25) is 0 Å². The van der Waals surface area contributed by atoms with E-state index in [2.05, 4.69) is 20.9 Å². The standard InChI is InChI=1S/C18H24N4O2.HI/c1-3-20-17(23)15-7-4-6-14(12-15)13-22-18(19-2)21-10-9-16-8-5-11-24-16;/h4-8,11-12H,3,9-10,13H2,1-2H3,(H,20,23)(H2,19,21,22);1H. The van der Waals surface area contributed by atoms with E-state index in [-0.39, 0.29) is 29.9 Å². The van der Waals surface area contributed by atoms with Gasteiger partial charge in [0, 0.05) is 38.7 Å². The van der Waals surface area contributed by atoms with E-state index in [0.29, 0.717) is 24.6 Å². The summed E-state index contributed by atoms with van der Waals surface area (Å²) in [5.41, 5.74) is 1.68. The largest absolute Gasteiger partial charge is 0.469 e. The lowest BCUT2D eigenvalue weighted by molar-refractivity contribution is 0.0955. The number of amides is 1. The number of rotatable bonds is 7. The number of guanidine groups is 1. The number of carbonyl (C=O) groups excluding carboxylic acids is 1. The summed E-state index contributed by atoms with van der Waals surface area (Å²) in [5.74, 6) is 1.60. The summed E-state index contributed by atoms with van der Waals surface area (Å²) < 4.78 is 5.30. The van der Waals surface area contributed by atoms with E-state index in [0.717, 1.165) is 24.3 Å². The molecule has 2 aromatic rings. The molecule has 0 spiro atoms. The lowest BCUT2D eigenvalue weighted by Crippen LogP contribution is -2.37. The molecule has 1 heterocycles. The highest BCUT2D eigenvalue weighted by Crippen LogP contribution is 2.05. The fourth-order valence-electron chi connectivity index (χ4n) is 2.25. The van der Waals surface area contributed by atoms with Gasteiger partial charge in [-0.3, -0.25) is 9.79 Å².